The third-order valence-corrected chi connectivity index (χ3v) is 4.49. The Kier molecular flexibility index (Phi) is 6.07. The number of nitrogens with zero attached hydrogens (tertiary/aromatic N) is 4. The lowest BCUT2D eigenvalue weighted by Crippen LogP contribution is -2.56. The molecule has 8 heteroatoms. The number of amidine groups is 1. The van der Waals surface area contributed by atoms with Gasteiger partial charge in [0.25, 0.3) is 11.7 Å². The predicted molar refractivity (Wildman–Crippen MR) is 98.6 cm³/mol. The van der Waals surface area contributed by atoms with Crippen LogP contribution in [0.5, 0.6) is 0 Å². The Labute approximate surface area is 152 Å². The number of carbonyl (C=O) groups is 2. The smallest absolute Gasteiger partial charge is 0.377 e. The topological polar surface area (TPSA) is 65.5 Å². The Morgan fingerprint density at radius 3 is 2.56 bits per heavy atom. The Balaban J connectivity index is 2.55. The third kappa shape index (κ3) is 3.80. The first-order valence-corrected chi connectivity index (χ1v) is 9.17. The van der Waals surface area contributed by atoms with Crippen molar-refractivity contribution in [3.05, 3.63) is 34.9 Å². The van der Waals surface area contributed by atoms with Crippen molar-refractivity contribution in [3.8, 4) is 0 Å². The minimum atomic E-state index is -0.623. The number of aryl methyl sites for hydroxylation is 2. The van der Waals surface area contributed by atoms with Crippen LogP contribution < -0.4 is 0 Å². The van der Waals surface area contributed by atoms with Crippen molar-refractivity contribution in [2.45, 2.75) is 26.8 Å². The number of carbonyl (C=O) groups excluding carboxylic acids is 2. The molecule has 1 aliphatic rings. The van der Waals surface area contributed by atoms with E-state index in [-0.39, 0.29) is 18.3 Å². The zero-order valence-electron chi connectivity index (χ0n) is 15.4. The molecule has 0 spiro atoms. The molecule has 1 aromatic carbocycles. The first kappa shape index (κ1) is 19.3. The van der Waals surface area contributed by atoms with Crippen molar-refractivity contribution < 1.29 is 14.3 Å². The average molecular weight is 364 g/mol. The number of amides is 1. The maximum absolute atomic E-state index is 13.2. The van der Waals surface area contributed by atoms with E-state index in [4.69, 9.17) is 4.74 Å². The van der Waals surface area contributed by atoms with Gasteiger partial charge in [-0.15, -0.1) is 5.10 Å². The summed E-state index contributed by atoms with van der Waals surface area (Å²) in [5, 5.41) is 7.22. The fourth-order valence-electron chi connectivity index (χ4n) is 2.75. The van der Waals surface area contributed by atoms with Gasteiger partial charge in [0, 0.05) is 20.4 Å². The third-order valence-electron chi connectivity index (χ3n) is 3.82. The quantitative estimate of drug-likeness (QED) is 0.589. The van der Waals surface area contributed by atoms with Gasteiger partial charge in [0.2, 0.25) is 0 Å². The van der Waals surface area contributed by atoms with Crippen LogP contribution in [-0.4, -0.2) is 59.1 Å². The molecule has 0 aliphatic carbocycles. The lowest BCUT2D eigenvalue weighted by atomic mass is 9.98. The summed E-state index contributed by atoms with van der Waals surface area (Å²) >= 11 is 1.29. The van der Waals surface area contributed by atoms with E-state index in [1.807, 2.05) is 38.3 Å². The van der Waals surface area contributed by atoms with Gasteiger partial charge in [-0.05, 0) is 43.8 Å². The maximum Gasteiger partial charge on any atom is 0.377 e. The van der Waals surface area contributed by atoms with Crippen LogP contribution >= 0.6 is 11.9 Å². The molecule has 0 saturated carbocycles. The first-order chi connectivity index (χ1) is 11.8. The van der Waals surface area contributed by atoms with Crippen LogP contribution in [0.2, 0.25) is 0 Å². The number of ether oxygens (including phenoxy) is 1. The number of esters is 1. The molecule has 1 aromatic rings. The number of hydrazine groups is 1. The van der Waals surface area contributed by atoms with Crippen LogP contribution in [0, 0.1) is 13.8 Å². The molecule has 0 saturated heterocycles. The van der Waals surface area contributed by atoms with E-state index < -0.39 is 12.0 Å². The van der Waals surface area contributed by atoms with Crippen molar-refractivity contribution >= 4 is 29.7 Å². The highest BCUT2D eigenvalue weighted by Crippen LogP contribution is 2.34. The lowest BCUT2D eigenvalue weighted by molar-refractivity contribution is -0.148. The van der Waals surface area contributed by atoms with Gasteiger partial charge in [0.1, 0.15) is 0 Å². The Hall–Kier alpha value is -2.06. The molecule has 25 heavy (non-hydrogen) atoms. The van der Waals surface area contributed by atoms with Gasteiger partial charge in [0.15, 0.2) is 6.04 Å². The summed E-state index contributed by atoms with van der Waals surface area (Å²) in [4.78, 5) is 25.5. The monoisotopic (exact) mass is 364 g/mol. The highest BCUT2D eigenvalue weighted by Gasteiger charge is 2.43. The van der Waals surface area contributed by atoms with Crippen LogP contribution in [-0.2, 0) is 14.3 Å². The molecule has 136 valence electrons. The molecule has 7 nitrogen and oxygen atoms in total. The van der Waals surface area contributed by atoms with Gasteiger partial charge in [-0.1, -0.05) is 23.8 Å². The molecule has 1 aliphatic heterocycles. The highest BCUT2D eigenvalue weighted by molar-refractivity contribution is 7.96. The summed E-state index contributed by atoms with van der Waals surface area (Å²) < 4.78 is 6.62. The standard InChI is InChI=1S/C17H24N4O3S/c1-7-24-17(23)15-18-21(25-6)14(16(22)20(15)19(4)5)13-9-8-11(2)10-12(13)3/h8-10,14H,7H2,1-6H3. The van der Waals surface area contributed by atoms with E-state index in [0.29, 0.717) is 0 Å². The molecule has 0 aromatic heterocycles. The van der Waals surface area contributed by atoms with Gasteiger partial charge in [-0.2, -0.15) is 0 Å². The molecule has 0 radical (unpaired) electrons. The van der Waals surface area contributed by atoms with Gasteiger partial charge >= 0.3 is 5.97 Å². The fourth-order valence-corrected chi connectivity index (χ4v) is 3.32. The number of rotatable bonds is 5. The van der Waals surface area contributed by atoms with E-state index in [1.54, 1.807) is 30.4 Å². The normalized spacial score (nSPS) is 17.8. The summed E-state index contributed by atoms with van der Waals surface area (Å²) in [7, 11) is 3.39. The molecule has 2 rings (SSSR count). The molecule has 1 heterocycles. The summed E-state index contributed by atoms with van der Waals surface area (Å²) in [6.07, 6.45) is 1.82. The summed E-state index contributed by atoms with van der Waals surface area (Å²) in [5.41, 5.74) is 3.00. The van der Waals surface area contributed by atoms with Gasteiger partial charge in [0.05, 0.1) is 6.61 Å². The van der Waals surface area contributed by atoms with Crippen LogP contribution in [0.4, 0.5) is 0 Å². The van der Waals surface area contributed by atoms with Gasteiger partial charge in [-0.3, -0.25) is 4.79 Å². The molecule has 1 atom stereocenters. The van der Waals surface area contributed by atoms with Crippen LogP contribution in [0.1, 0.15) is 29.7 Å². The van der Waals surface area contributed by atoms with Gasteiger partial charge < -0.3 is 4.74 Å². The van der Waals surface area contributed by atoms with Gasteiger partial charge in [-0.25, -0.2) is 19.2 Å². The molecule has 0 bridgehead atoms. The van der Waals surface area contributed by atoms with E-state index >= 15 is 0 Å². The largest absolute Gasteiger partial charge is 0.460 e. The Bertz CT molecular complexity index is 705. The summed E-state index contributed by atoms with van der Waals surface area (Å²) in [5.74, 6) is -0.903. The number of hydrogen-bond acceptors (Lipinski definition) is 7. The average Bonchev–Trinajstić information content (AvgIpc) is 2.54. The second kappa shape index (κ2) is 7.88. The Morgan fingerprint density at radius 1 is 1.36 bits per heavy atom. The van der Waals surface area contributed by atoms with Crippen LogP contribution in [0.25, 0.3) is 0 Å². The molecular weight excluding hydrogens is 340 g/mol. The highest BCUT2D eigenvalue weighted by atomic mass is 32.2. The second-order valence-corrected chi connectivity index (χ2v) is 6.63. The van der Waals surface area contributed by atoms with E-state index in [1.165, 1.54) is 17.0 Å². The fraction of sp³-hybridized carbons (Fsp3) is 0.471. The number of hydrazone groups is 1. The van der Waals surface area contributed by atoms with E-state index in [2.05, 4.69) is 5.10 Å². The molecule has 0 fully saturated rings. The zero-order chi connectivity index (χ0) is 18.7. The summed E-state index contributed by atoms with van der Waals surface area (Å²) in [6.45, 7) is 5.91. The zero-order valence-corrected chi connectivity index (χ0v) is 16.3. The maximum atomic E-state index is 13.2. The minimum Gasteiger partial charge on any atom is -0.460 e. The lowest BCUT2D eigenvalue weighted by Gasteiger charge is -2.39. The van der Waals surface area contributed by atoms with Crippen LogP contribution in [0.3, 0.4) is 0 Å². The van der Waals surface area contributed by atoms with E-state index in [0.717, 1.165) is 16.7 Å². The minimum absolute atomic E-state index is 0.0350. The predicted octanol–water partition coefficient (Wildman–Crippen LogP) is 2.12. The van der Waals surface area contributed by atoms with Crippen molar-refractivity contribution in [2.24, 2.45) is 5.10 Å². The van der Waals surface area contributed by atoms with Crippen molar-refractivity contribution in [1.82, 2.24) is 14.4 Å². The second-order valence-electron chi connectivity index (χ2n) is 5.89. The SMILES string of the molecule is CCOC(=O)C1=NN(SC)C(c2ccc(C)cc2C)C(=O)N1N(C)C. The molecule has 0 N–H and O–H groups in total. The molecule has 1 amide bonds. The Morgan fingerprint density at radius 2 is 2.04 bits per heavy atom. The molecule has 1 unspecified atom stereocenters. The van der Waals surface area contributed by atoms with Crippen LogP contribution in [0.15, 0.2) is 23.3 Å². The number of hydrogen-bond donors (Lipinski definition) is 0. The van der Waals surface area contributed by atoms with Crippen molar-refractivity contribution in [2.75, 3.05) is 27.0 Å². The van der Waals surface area contributed by atoms with E-state index in [9.17, 15) is 9.59 Å². The van der Waals surface area contributed by atoms with Crippen molar-refractivity contribution in [1.29, 1.82) is 0 Å². The van der Waals surface area contributed by atoms with Crippen molar-refractivity contribution in [3.63, 3.8) is 0 Å². The first-order valence-electron chi connectivity index (χ1n) is 7.99. The number of benzene rings is 1. The summed E-state index contributed by atoms with van der Waals surface area (Å²) in [6, 6.07) is 5.33. The molecular formula is C17H24N4O3S.